The van der Waals surface area contributed by atoms with Gasteiger partial charge in [-0.05, 0) is 49.0 Å². The van der Waals surface area contributed by atoms with Crippen molar-refractivity contribution in [3.05, 3.63) is 22.4 Å². The molecule has 1 aromatic rings. The summed E-state index contributed by atoms with van der Waals surface area (Å²) in [6.45, 7) is 4.51. The first kappa shape index (κ1) is 13.1. The van der Waals surface area contributed by atoms with Gasteiger partial charge in [-0.1, -0.05) is 32.8 Å². The number of thiophene rings is 1. The molecule has 1 aliphatic rings. The molecule has 0 aromatic carbocycles. The van der Waals surface area contributed by atoms with Crippen molar-refractivity contribution >= 4 is 11.3 Å². The Morgan fingerprint density at radius 2 is 2.29 bits per heavy atom. The number of hydrogen-bond donors (Lipinski definition) is 1. The molecule has 1 fully saturated rings. The Balaban J connectivity index is 1.99. The quantitative estimate of drug-likeness (QED) is 0.849. The Kier molecular flexibility index (Phi) is 4.26. The van der Waals surface area contributed by atoms with Crippen LogP contribution in [0.15, 0.2) is 17.5 Å². The molecule has 0 amide bonds. The molecule has 2 rings (SSSR count). The molecule has 1 heterocycles. The van der Waals surface area contributed by atoms with Gasteiger partial charge < -0.3 is 5.11 Å². The van der Waals surface area contributed by atoms with E-state index in [1.165, 1.54) is 24.1 Å². The summed E-state index contributed by atoms with van der Waals surface area (Å²) in [5.74, 6) is 1.10. The SMILES string of the molecule is CC(C)C1CCCCC1(O)CCc1cccs1. The first-order valence-electron chi connectivity index (χ1n) is 6.86. The van der Waals surface area contributed by atoms with Crippen molar-refractivity contribution < 1.29 is 5.11 Å². The van der Waals surface area contributed by atoms with Crippen LogP contribution in [-0.4, -0.2) is 10.7 Å². The molecular formula is C15H24OS. The van der Waals surface area contributed by atoms with E-state index in [-0.39, 0.29) is 0 Å². The molecule has 2 atom stereocenters. The molecule has 1 saturated carbocycles. The van der Waals surface area contributed by atoms with Gasteiger partial charge in [0.2, 0.25) is 0 Å². The van der Waals surface area contributed by atoms with Crippen LogP contribution in [-0.2, 0) is 6.42 Å². The average Bonchev–Trinajstić information content (AvgIpc) is 2.79. The predicted molar refractivity (Wildman–Crippen MR) is 74.4 cm³/mol. The standard InChI is InChI=1S/C15H24OS/c1-12(2)14-7-3-4-9-15(14,16)10-8-13-6-5-11-17-13/h5-6,11-12,14,16H,3-4,7-10H2,1-2H3. The molecule has 2 heteroatoms. The van der Waals surface area contributed by atoms with Gasteiger partial charge in [0.1, 0.15) is 0 Å². The summed E-state index contributed by atoms with van der Waals surface area (Å²) < 4.78 is 0. The van der Waals surface area contributed by atoms with Crippen molar-refractivity contribution in [3.63, 3.8) is 0 Å². The lowest BCUT2D eigenvalue weighted by molar-refractivity contribution is -0.0715. The molecule has 1 aliphatic carbocycles. The normalized spacial score (nSPS) is 29.8. The van der Waals surface area contributed by atoms with Crippen molar-refractivity contribution in [1.82, 2.24) is 0 Å². The second-order valence-corrected chi connectivity index (χ2v) is 6.81. The third-order valence-corrected chi connectivity index (χ3v) is 5.19. The van der Waals surface area contributed by atoms with E-state index in [4.69, 9.17) is 0 Å². The van der Waals surface area contributed by atoms with E-state index in [0.29, 0.717) is 11.8 Å². The summed E-state index contributed by atoms with van der Waals surface area (Å²) in [5.41, 5.74) is -0.406. The maximum absolute atomic E-state index is 10.9. The van der Waals surface area contributed by atoms with Crippen molar-refractivity contribution in [2.24, 2.45) is 11.8 Å². The molecular weight excluding hydrogens is 228 g/mol. The lowest BCUT2D eigenvalue weighted by atomic mass is 9.68. The lowest BCUT2D eigenvalue weighted by Gasteiger charge is -2.42. The number of rotatable bonds is 4. The van der Waals surface area contributed by atoms with Gasteiger partial charge >= 0.3 is 0 Å². The van der Waals surface area contributed by atoms with E-state index in [0.717, 1.165) is 19.3 Å². The second-order valence-electron chi connectivity index (χ2n) is 5.78. The van der Waals surface area contributed by atoms with Gasteiger partial charge in [0.05, 0.1) is 5.60 Å². The molecule has 0 aliphatic heterocycles. The molecule has 0 saturated heterocycles. The van der Waals surface area contributed by atoms with E-state index in [2.05, 4.69) is 31.4 Å². The largest absolute Gasteiger partial charge is 0.390 e. The maximum Gasteiger partial charge on any atom is 0.0681 e. The molecule has 0 radical (unpaired) electrons. The molecule has 96 valence electrons. The van der Waals surface area contributed by atoms with Crippen LogP contribution in [0.4, 0.5) is 0 Å². The third-order valence-electron chi connectivity index (χ3n) is 4.25. The first-order chi connectivity index (χ1) is 8.12. The highest BCUT2D eigenvalue weighted by Crippen LogP contribution is 2.41. The third kappa shape index (κ3) is 3.11. The Hall–Kier alpha value is -0.340. The zero-order valence-electron chi connectivity index (χ0n) is 11.0. The van der Waals surface area contributed by atoms with Gasteiger partial charge in [0, 0.05) is 4.88 Å². The van der Waals surface area contributed by atoms with Crippen LogP contribution in [0.5, 0.6) is 0 Å². The lowest BCUT2D eigenvalue weighted by Crippen LogP contribution is -2.43. The van der Waals surface area contributed by atoms with Crippen LogP contribution in [0.1, 0.15) is 50.8 Å². The van der Waals surface area contributed by atoms with Crippen molar-refractivity contribution in [2.75, 3.05) is 0 Å². The highest BCUT2D eigenvalue weighted by atomic mass is 32.1. The molecule has 17 heavy (non-hydrogen) atoms. The van der Waals surface area contributed by atoms with Gasteiger partial charge in [0.15, 0.2) is 0 Å². The molecule has 1 aromatic heterocycles. The summed E-state index contributed by atoms with van der Waals surface area (Å²) in [6.07, 6.45) is 6.68. The van der Waals surface area contributed by atoms with E-state index in [1.807, 2.05) is 11.3 Å². The van der Waals surface area contributed by atoms with Crippen LogP contribution in [0.25, 0.3) is 0 Å². The van der Waals surface area contributed by atoms with Crippen molar-refractivity contribution in [2.45, 2.75) is 58.0 Å². The number of aliphatic hydroxyl groups is 1. The highest BCUT2D eigenvalue weighted by Gasteiger charge is 2.39. The fourth-order valence-corrected chi connectivity index (χ4v) is 4.02. The van der Waals surface area contributed by atoms with E-state index in [9.17, 15) is 5.11 Å². The summed E-state index contributed by atoms with van der Waals surface area (Å²) in [5, 5.41) is 13.0. The Bertz CT molecular complexity index is 331. The van der Waals surface area contributed by atoms with Gasteiger partial charge in [-0.3, -0.25) is 0 Å². The predicted octanol–water partition coefficient (Wildman–Crippen LogP) is 4.26. The zero-order valence-corrected chi connectivity index (χ0v) is 11.8. The summed E-state index contributed by atoms with van der Waals surface area (Å²) in [7, 11) is 0. The van der Waals surface area contributed by atoms with E-state index >= 15 is 0 Å². The minimum Gasteiger partial charge on any atom is -0.390 e. The Labute approximate surface area is 109 Å². The topological polar surface area (TPSA) is 20.2 Å². The zero-order chi connectivity index (χ0) is 12.3. The Morgan fingerprint density at radius 3 is 2.94 bits per heavy atom. The first-order valence-corrected chi connectivity index (χ1v) is 7.74. The summed E-state index contributed by atoms with van der Waals surface area (Å²) >= 11 is 1.81. The smallest absolute Gasteiger partial charge is 0.0681 e. The second kappa shape index (κ2) is 5.53. The van der Waals surface area contributed by atoms with Crippen molar-refractivity contribution in [3.8, 4) is 0 Å². The molecule has 0 bridgehead atoms. The van der Waals surface area contributed by atoms with Crippen molar-refractivity contribution in [1.29, 1.82) is 0 Å². The van der Waals surface area contributed by atoms with Gasteiger partial charge in [-0.2, -0.15) is 0 Å². The Morgan fingerprint density at radius 1 is 1.47 bits per heavy atom. The highest BCUT2D eigenvalue weighted by molar-refractivity contribution is 7.09. The van der Waals surface area contributed by atoms with E-state index in [1.54, 1.807) is 0 Å². The molecule has 1 N–H and O–H groups in total. The summed E-state index contributed by atoms with van der Waals surface area (Å²) in [6, 6.07) is 4.28. The van der Waals surface area contributed by atoms with Gasteiger partial charge in [-0.15, -0.1) is 11.3 Å². The minimum atomic E-state index is -0.406. The summed E-state index contributed by atoms with van der Waals surface area (Å²) in [4.78, 5) is 1.41. The fraction of sp³-hybridized carbons (Fsp3) is 0.733. The fourth-order valence-electron chi connectivity index (χ4n) is 3.31. The van der Waals surface area contributed by atoms with Crippen LogP contribution in [0.2, 0.25) is 0 Å². The average molecular weight is 252 g/mol. The molecule has 2 unspecified atom stereocenters. The molecule has 1 nitrogen and oxygen atoms in total. The van der Waals surface area contributed by atoms with Crippen LogP contribution >= 0.6 is 11.3 Å². The van der Waals surface area contributed by atoms with Gasteiger partial charge in [-0.25, -0.2) is 0 Å². The monoisotopic (exact) mass is 252 g/mol. The number of aryl methyl sites for hydroxylation is 1. The van der Waals surface area contributed by atoms with E-state index < -0.39 is 5.60 Å². The number of hydrogen-bond acceptors (Lipinski definition) is 2. The van der Waals surface area contributed by atoms with Crippen LogP contribution < -0.4 is 0 Å². The van der Waals surface area contributed by atoms with Crippen LogP contribution in [0, 0.1) is 11.8 Å². The minimum absolute atomic E-state index is 0.406. The van der Waals surface area contributed by atoms with Gasteiger partial charge in [0.25, 0.3) is 0 Å². The molecule has 0 spiro atoms. The maximum atomic E-state index is 10.9. The van der Waals surface area contributed by atoms with Crippen LogP contribution in [0.3, 0.4) is 0 Å².